The summed E-state index contributed by atoms with van der Waals surface area (Å²) in [5.41, 5.74) is 0.902. The molecular formula is C12H19BrN2O2S. The minimum atomic E-state index is -3.21. The Morgan fingerprint density at radius 1 is 1.33 bits per heavy atom. The zero-order valence-corrected chi connectivity index (χ0v) is 13.1. The lowest BCUT2D eigenvalue weighted by Gasteiger charge is -2.21. The van der Waals surface area contributed by atoms with Gasteiger partial charge in [0.25, 0.3) is 0 Å². The number of hydrogen-bond acceptors (Lipinski definition) is 3. The lowest BCUT2D eigenvalue weighted by Crippen LogP contribution is -2.36. The van der Waals surface area contributed by atoms with Crippen LogP contribution in [0.1, 0.15) is 19.4 Å². The van der Waals surface area contributed by atoms with Crippen molar-refractivity contribution in [3.63, 3.8) is 0 Å². The molecule has 18 heavy (non-hydrogen) atoms. The number of nitrogens with one attached hydrogen (secondary N) is 1. The number of aryl methyl sites for hydroxylation is 1. The lowest BCUT2D eigenvalue weighted by molar-refractivity contribution is 0.420. The van der Waals surface area contributed by atoms with E-state index in [0.29, 0.717) is 13.0 Å². The Labute approximate surface area is 117 Å². The second kappa shape index (κ2) is 6.63. The first kappa shape index (κ1) is 15.6. The molecule has 1 aromatic heterocycles. The van der Waals surface area contributed by atoms with Gasteiger partial charge in [0.2, 0.25) is 10.0 Å². The average molecular weight is 335 g/mol. The van der Waals surface area contributed by atoms with Crippen molar-refractivity contribution in [1.82, 2.24) is 9.71 Å². The summed E-state index contributed by atoms with van der Waals surface area (Å²) in [5, 5.41) is 0.757. The Hall–Kier alpha value is -0.460. The van der Waals surface area contributed by atoms with Gasteiger partial charge in [0.1, 0.15) is 0 Å². The van der Waals surface area contributed by atoms with E-state index in [4.69, 9.17) is 0 Å². The monoisotopic (exact) mass is 334 g/mol. The highest BCUT2D eigenvalue weighted by Crippen LogP contribution is 2.16. The van der Waals surface area contributed by atoms with Crippen LogP contribution in [0.3, 0.4) is 0 Å². The van der Waals surface area contributed by atoms with Gasteiger partial charge in [0.05, 0.1) is 5.75 Å². The molecule has 0 atom stereocenters. The van der Waals surface area contributed by atoms with Crippen LogP contribution in [-0.4, -0.2) is 31.0 Å². The van der Waals surface area contributed by atoms with Crippen molar-refractivity contribution in [3.05, 3.63) is 30.1 Å². The van der Waals surface area contributed by atoms with Crippen LogP contribution in [-0.2, 0) is 16.4 Å². The highest BCUT2D eigenvalue weighted by molar-refractivity contribution is 9.09. The van der Waals surface area contributed by atoms with Gasteiger partial charge in [-0.1, -0.05) is 29.8 Å². The van der Waals surface area contributed by atoms with Crippen molar-refractivity contribution in [2.24, 2.45) is 5.41 Å². The molecule has 0 amide bonds. The quantitative estimate of drug-likeness (QED) is 0.775. The molecule has 1 heterocycles. The van der Waals surface area contributed by atoms with Gasteiger partial charge in [-0.2, -0.15) is 0 Å². The maximum Gasteiger partial charge on any atom is 0.211 e. The summed E-state index contributed by atoms with van der Waals surface area (Å²) in [4.78, 5) is 3.90. The Morgan fingerprint density at radius 3 is 2.50 bits per heavy atom. The van der Waals surface area contributed by atoms with Crippen molar-refractivity contribution in [3.8, 4) is 0 Å². The summed E-state index contributed by atoms with van der Waals surface area (Å²) in [6.45, 7) is 4.46. The van der Waals surface area contributed by atoms with Crippen molar-refractivity contribution < 1.29 is 8.42 Å². The van der Waals surface area contributed by atoms with E-state index in [-0.39, 0.29) is 11.2 Å². The summed E-state index contributed by atoms with van der Waals surface area (Å²) >= 11 is 3.37. The van der Waals surface area contributed by atoms with Crippen LogP contribution in [0.4, 0.5) is 0 Å². The third-order valence-corrected chi connectivity index (χ3v) is 5.38. The average Bonchev–Trinajstić information content (AvgIpc) is 2.36. The number of nitrogens with zero attached hydrogens (tertiary/aromatic N) is 1. The van der Waals surface area contributed by atoms with E-state index in [2.05, 4.69) is 25.6 Å². The first-order chi connectivity index (χ1) is 8.35. The van der Waals surface area contributed by atoms with E-state index in [0.717, 1.165) is 10.9 Å². The fraction of sp³-hybridized carbons (Fsp3) is 0.583. The maximum absolute atomic E-state index is 11.8. The van der Waals surface area contributed by atoms with Gasteiger partial charge in [-0.15, -0.1) is 0 Å². The Morgan fingerprint density at radius 2 is 1.94 bits per heavy atom. The number of hydrogen-bond donors (Lipinski definition) is 1. The highest BCUT2D eigenvalue weighted by atomic mass is 79.9. The molecule has 0 saturated carbocycles. The number of sulfonamides is 1. The fourth-order valence-corrected chi connectivity index (χ4v) is 2.68. The molecule has 0 bridgehead atoms. The SMILES string of the molecule is CC(C)(CBr)CNS(=O)(=O)CCc1ccncc1. The first-order valence-electron chi connectivity index (χ1n) is 5.77. The highest BCUT2D eigenvalue weighted by Gasteiger charge is 2.19. The van der Waals surface area contributed by atoms with E-state index in [1.807, 2.05) is 26.0 Å². The normalized spacial score (nSPS) is 12.6. The van der Waals surface area contributed by atoms with Crippen LogP contribution in [0.25, 0.3) is 0 Å². The van der Waals surface area contributed by atoms with Gasteiger partial charge < -0.3 is 0 Å². The predicted molar refractivity (Wildman–Crippen MR) is 77.3 cm³/mol. The van der Waals surface area contributed by atoms with Gasteiger partial charge in [0, 0.05) is 24.3 Å². The van der Waals surface area contributed by atoms with Crippen LogP contribution in [0, 0.1) is 5.41 Å². The molecule has 1 N–H and O–H groups in total. The molecule has 0 unspecified atom stereocenters. The van der Waals surface area contributed by atoms with E-state index in [1.54, 1.807) is 12.4 Å². The molecule has 0 saturated heterocycles. The van der Waals surface area contributed by atoms with Gasteiger partial charge in [-0.25, -0.2) is 13.1 Å². The van der Waals surface area contributed by atoms with Crippen LogP contribution in [0.5, 0.6) is 0 Å². The molecule has 1 aromatic rings. The van der Waals surface area contributed by atoms with Crippen LogP contribution < -0.4 is 4.72 Å². The number of halogens is 1. The van der Waals surface area contributed by atoms with Crippen molar-refractivity contribution >= 4 is 26.0 Å². The van der Waals surface area contributed by atoms with Gasteiger partial charge in [-0.05, 0) is 29.5 Å². The first-order valence-corrected chi connectivity index (χ1v) is 8.54. The molecule has 0 radical (unpaired) electrons. The number of aromatic nitrogens is 1. The topological polar surface area (TPSA) is 59.1 Å². The maximum atomic E-state index is 11.8. The van der Waals surface area contributed by atoms with Crippen LogP contribution >= 0.6 is 15.9 Å². The Balaban J connectivity index is 2.46. The molecule has 0 fully saturated rings. The van der Waals surface area contributed by atoms with Crippen LogP contribution in [0.15, 0.2) is 24.5 Å². The van der Waals surface area contributed by atoms with E-state index >= 15 is 0 Å². The molecule has 0 aliphatic rings. The molecule has 0 spiro atoms. The van der Waals surface area contributed by atoms with Crippen molar-refractivity contribution in [2.75, 3.05) is 17.6 Å². The fourth-order valence-electron chi connectivity index (χ4n) is 1.23. The zero-order valence-electron chi connectivity index (χ0n) is 10.7. The lowest BCUT2D eigenvalue weighted by atomic mass is 9.98. The number of pyridine rings is 1. The summed E-state index contributed by atoms with van der Waals surface area (Å²) < 4.78 is 26.3. The predicted octanol–water partition coefficient (Wildman–Crippen LogP) is 1.96. The second-order valence-electron chi connectivity index (χ2n) is 5.04. The minimum absolute atomic E-state index is 0.0796. The molecular weight excluding hydrogens is 316 g/mol. The smallest absolute Gasteiger partial charge is 0.211 e. The van der Waals surface area contributed by atoms with E-state index in [9.17, 15) is 8.42 Å². The van der Waals surface area contributed by atoms with E-state index in [1.165, 1.54) is 0 Å². The molecule has 1 rings (SSSR count). The summed E-state index contributed by atoms with van der Waals surface area (Å²) in [6, 6.07) is 3.66. The van der Waals surface area contributed by atoms with Crippen molar-refractivity contribution in [1.29, 1.82) is 0 Å². The summed E-state index contributed by atoms with van der Waals surface area (Å²) in [5.74, 6) is 0.107. The minimum Gasteiger partial charge on any atom is -0.265 e. The number of rotatable bonds is 7. The van der Waals surface area contributed by atoms with Crippen molar-refractivity contribution in [2.45, 2.75) is 20.3 Å². The third-order valence-electron chi connectivity index (χ3n) is 2.54. The number of alkyl halides is 1. The van der Waals surface area contributed by atoms with Gasteiger partial charge in [-0.3, -0.25) is 4.98 Å². The summed E-state index contributed by atoms with van der Waals surface area (Å²) in [7, 11) is -3.21. The third kappa shape index (κ3) is 5.93. The molecule has 0 aromatic carbocycles. The van der Waals surface area contributed by atoms with Gasteiger partial charge in [0.15, 0.2) is 0 Å². The molecule has 6 heteroatoms. The summed E-state index contributed by atoms with van der Waals surface area (Å²) in [6.07, 6.45) is 3.85. The van der Waals surface area contributed by atoms with Crippen LogP contribution in [0.2, 0.25) is 0 Å². The molecule has 4 nitrogen and oxygen atoms in total. The Kier molecular flexibility index (Phi) is 5.75. The van der Waals surface area contributed by atoms with E-state index < -0.39 is 10.0 Å². The van der Waals surface area contributed by atoms with Gasteiger partial charge >= 0.3 is 0 Å². The molecule has 0 aliphatic carbocycles. The molecule has 0 aliphatic heterocycles. The Bertz CT molecular complexity index is 460. The molecule has 102 valence electrons. The second-order valence-corrected chi connectivity index (χ2v) is 7.53. The standard InChI is InChI=1S/C12H19BrN2O2S/c1-12(2,9-13)10-15-18(16,17)8-5-11-3-6-14-7-4-11/h3-4,6-7,15H,5,8-10H2,1-2H3. The zero-order chi connectivity index (χ0) is 13.6. The largest absolute Gasteiger partial charge is 0.265 e.